The fourth-order valence-corrected chi connectivity index (χ4v) is 5.94. The number of ether oxygens (including phenoxy) is 1. The van der Waals surface area contributed by atoms with Gasteiger partial charge in [-0.2, -0.15) is 0 Å². The Kier molecular flexibility index (Phi) is 6.32. The van der Waals surface area contributed by atoms with Crippen LogP contribution in [0, 0.1) is 5.92 Å². The smallest absolute Gasteiger partial charge is 0.407 e. The molecule has 2 unspecified atom stereocenters. The van der Waals surface area contributed by atoms with Gasteiger partial charge in [-0.25, -0.2) is 4.79 Å². The largest absolute Gasteiger partial charge is 0.481 e. The van der Waals surface area contributed by atoms with Crippen molar-refractivity contribution in [3.05, 3.63) is 71.3 Å². The van der Waals surface area contributed by atoms with Crippen LogP contribution in [0.3, 0.4) is 0 Å². The standard InChI is InChI=1S/C28H30N2O5/c1-17(26(31)30-19-10-11-20(30)15-18(14-19)27(32)33)12-13-29-28(34)35-16-25-23-8-4-2-6-21(23)22-7-3-5-9-24(22)25/h2-9,12,18-20,25H,10-11,13-16H2,1H3,(H,29,34)(H,32,33)/b17-12+. The van der Waals surface area contributed by atoms with E-state index in [-0.39, 0.29) is 43.0 Å². The number of benzene rings is 2. The van der Waals surface area contributed by atoms with Crippen molar-refractivity contribution >= 4 is 18.0 Å². The molecule has 0 spiro atoms. The van der Waals surface area contributed by atoms with Crippen LogP contribution in [0.1, 0.15) is 49.7 Å². The summed E-state index contributed by atoms with van der Waals surface area (Å²) in [4.78, 5) is 38.6. The van der Waals surface area contributed by atoms with E-state index >= 15 is 0 Å². The summed E-state index contributed by atoms with van der Waals surface area (Å²) >= 11 is 0. The van der Waals surface area contributed by atoms with Crippen molar-refractivity contribution in [3.63, 3.8) is 0 Å². The summed E-state index contributed by atoms with van der Waals surface area (Å²) in [7, 11) is 0. The van der Waals surface area contributed by atoms with E-state index in [1.165, 1.54) is 11.1 Å². The predicted octanol–water partition coefficient (Wildman–Crippen LogP) is 4.33. The van der Waals surface area contributed by atoms with E-state index in [4.69, 9.17) is 4.74 Å². The van der Waals surface area contributed by atoms with Crippen molar-refractivity contribution in [1.82, 2.24) is 10.2 Å². The summed E-state index contributed by atoms with van der Waals surface area (Å²) in [6.07, 6.45) is 3.92. The highest BCUT2D eigenvalue weighted by atomic mass is 16.5. The molecule has 7 nitrogen and oxygen atoms in total. The van der Waals surface area contributed by atoms with Crippen molar-refractivity contribution in [2.45, 2.75) is 50.6 Å². The third-order valence-electron chi connectivity index (χ3n) is 7.65. The van der Waals surface area contributed by atoms with Crippen LogP contribution < -0.4 is 5.32 Å². The first-order valence-corrected chi connectivity index (χ1v) is 12.2. The highest BCUT2D eigenvalue weighted by Crippen LogP contribution is 2.44. The number of carbonyl (C=O) groups is 3. The number of nitrogens with one attached hydrogen (secondary N) is 1. The molecule has 2 amide bonds. The average Bonchev–Trinajstić information content (AvgIpc) is 3.32. The molecule has 2 fully saturated rings. The van der Waals surface area contributed by atoms with E-state index < -0.39 is 12.1 Å². The highest BCUT2D eigenvalue weighted by Gasteiger charge is 2.45. The molecule has 0 aromatic heterocycles. The lowest BCUT2D eigenvalue weighted by atomic mass is 9.90. The minimum atomic E-state index is -0.770. The molecule has 2 saturated heterocycles. The van der Waals surface area contributed by atoms with Crippen LogP contribution in [0.4, 0.5) is 4.79 Å². The monoisotopic (exact) mass is 474 g/mol. The Hall–Kier alpha value is -3.61. The van der Waals surface area contributed by atoms with Gasteiger partial charge in [-0.3, -0.25) is 9.59 Å². The van der Waals surface area contributed by atoms with Gasteiger partial charge < -0.3 is 20.1 Å². The zero-order valence-corrected chi connectivity index (χ0v) is 19.8. The third kappa shape index (κ3) is 4.43. The van der Waals surface area contributed by atoms with Gasteiger partial charge in [-0.1, -0.05) is 54.6 Å². The van der Waals surface area contributed by atoms with Crippen LogP contribution >= 0.6 is 0 Å². The molecule has 1 aliphatic carbocycles. The molecule has 2 heterocycles. The predicted molar refractivity (Wildman–Crippen MR) is 131 cm³/mol. The number of rotatable bonds is 6. The lowest BCUT2D eigenvalue weighted by Crippen LogP contribution is -2.48. The zero-order chi connectivity index (χ0) is 24.5. The molecule has 2 aromatic rings. The summed E-state index contributed by atoms with van der Waals surface area (Å²) in [6, 6.07) is 16.3. The maximum atomic E-state index is 13.0. The molecule has 182 valence electrons. The average molecular weight is 475 g/mol. The number of aliphatic carboxylic acids is 1. The maximum Gasteiger partial charge on any atom is 0.407 e. The lowest BCUT2D eigenvalue weighted by Gasteiger charge is -2.37. The number of nitrogens with zero attached hydrogens (tertiary/aromatic N) is 1. The van der Waals surface area contributed by atoms with Crippen LogP contribution in [0.5, 0.6) is 0 Å². The van der Waals surface area contributed by atoms with E-state index in [1.54, 1.807) is 13.0 Å². The number of carboxylic acid groups (broad SMARTS) is 1. The Bertz CT molecular complexity index is 1130. The minimum absolute atomic E-state index is 0.00351. The maximum absolute atomic E-state index is 13.0. The quantitative estimate of drug-likeness (QED) is 0.608. The van der Waals surface area contributed by atoms with Crippen molar-refractivity contribution in [2.24, 2.45) is 5.92 Å². The van der Waals surface area contributed by atoms with Crippen molar-refractivity contribution in [3.8, 4) is 11.1 Å². The number of alkyl carbamates (subject to hydrolysis) is 1. The van der Waals surface area contributed by atoms with Gasteiger partial charge in [-0.15, -0.1) is 0 Å². The van der Waals surface area contributed by atoms with Gasteiger partial charge in [-0.05, 0) is 54.9 Å². The molecule has 2 N–H and O–H groups in total. The molecule has 2 atom stereocenters. The molecule has 0 saturated carbocycles. The fraction of sp³-hybridized carbons (Fsp3) is 0.393. The highest BCUT2D eigenvalue weighted by molar-refractivity contribution is 5.94. The van der Waals surface area contributed by atoms with E-state index in [0.29, 0.717) is 18.4 Å². The molecule has 5 rings (SSSR count). The molecule has 0 radical (unpaired) electrons. The van der Waals surface area contributed by atoms with Crippen LogP contribution in [0.25, 0.3) is 11.1 Å². The number of piperidine rings is 1. The van der Waals surface area contributed by atoms with E-state index in [0.717, 1.165) is 24.0 Å². The van der Waals surface area contributed by atoms with Gasteiger partial charge in [0.25, 0.3) is 0 Å². The summed E-state index contributed by atoms with van der Waals surface area (Å²) in [5.41, 5.74) is 5.22. The van der Waals surface area contributed by atoms with E-state index in [1.807, 2.05) is 29.2 Å². The van der Waals surface area contributed by atoms with Crippen LogP contribution in [-0.2, 0) is 14.3 Å². The van der Waals surface area contributed by atoms with Gasteiger partial charge in [0.1, 0.15) is 6.61 Å². The summed E-state index contributed by atoms with van der Waals surface area (Å²) < 4.78 is 5.55. The normalized spacial score (nSPS) is 22.9. The fourth-order valence-electron chi connectivity index (χ4n) is 5.94. The third-order valence-corrected chi connectivity index (χ3v) is 7.65. The summed E-state index contributed by atoms with van der Waals surface area (Å²) in [5.74, 6) is -1.21. The molecule has 35 heavy (non-hydrogen) atoms. The van der Waals surface area contributed by atoms with Crippen LogP contribution in [0.2, 0.25) is 0 Å². The van der Waals surface area contributed by atoms with Gasteiger partial charge in [0.05, 0.1) is 5.92 Å². The lowest BCUT2D eigenvalue weighted by molar-refractivity contribution is -0.147. The second-order valence-electron chi connectivity index (χ2n) is 9.70. The molecule has 2 aromatic carbocycles. The topological polar surface area (TPSA) is 95.9 Å². The number of carboxylic acids is 1. The Morgan fingerprint density at radius 2 is 1.57 bits per heavy atom. The van der Waals surface area contributed by atoms with Gasteiger partial charge in [0.2, 0.25) is 5.91 Å². The summed E-state index contributed by atoms with van der Waals surface area (Å²) in [5, 5.41) is 12.1. The molecule has 7 heteroatoms. The summed E-state index contributed by atoms with van der Waals surface area (Å²) in [6.45, 7) is 2.17. The van der Waals surface area contributed by atoms with Gasteiger partial charge in [0, 0.05) is 30.1 Å². The molecule has 3 aliphatic rings. The van der Waals surface area contributed by atoms with Gasteiger partial charge in [0.15, 0.2) is 0 Å². The van der Waals surface area contributed by atoms with Gasteiger partial charge >= 0.3 is 12.1 Å². The van der Waals surface area contributed by atoms with E-state index in [2.05, 4.69) is 29.6 Å². The van der Waals surface area contributed by atoms with E-state index in [9.17, 15) is 19.5 Å². The first-order chi connectivity index (χ1) is 16.9. The van der Waals surface area contributed by atoms with Crippen molar-refractivity contribution in [2.75, 3.05) is 13.2 Å². The Labute approximate surface area is 204 Å². The second-order valence-corrected chi connectivity index (χ2v) is 9.70. The molecule has 2 aliphatic heterocycles. The first-order valence-electron chi connectivity index (χ1n) is 12.2. The number of hydrogen-bond donors (Lipinski definition) is 2. The SMILES string of the molecule is C/C(=C\CNC(=O)OCC1c2ccccc2-c2ccccc21)C(=O)N1C2CCC1CC(C(=O)O)C2. The Balaban J connectivity index is 1.14. The Morgan fingerprint density at radius 3 is 2.14 bits per heavy atom. The van der Waals surface area contributed by atoms with Crippen molar-refractivity contribution < 1.29 is 24.2 Å². The second kappa shape index (κ2) is 9.56. The van der Waals surface area contributed by atoms with Crippen molar-refractivity contribution in [1.29, 1.82) is 0 Å². The molecular weight excluding hydrogens is 444 g/mol. The number of amides is 2. The minimum Gasteiger partial charge on any atom is -0.481 e. The molecular formula is C28H30N2O5. The zero-order valence-electron chi connectivity index (χ0n) is 19.8. The number of carbonyl (C=O) groups excluding carboxylic acids is 2. The van der Waals surface area contributed by atoms with Crippen LogP contribution in [0.15, 0.2) is 60.2 Å². The first kappa shape index (κ1) is 23.1. The van der Waals surface area contributed by atoms with Crippen LogP contribution in [-0.4, -0.2) is 53.2 Å². The number of fused-ring (bicyclic) bond motifs is 5. The Morgan fingerprint density at radius 1 is 1.00 bits per heavy atom. The molecule has 2 bridgehead atoms. The number of hydrogen-bond acceptors (Lipinski definition) is 4.